The number of hydrogen-bond acceptors (Lipinski definition) is 5. The third kappa shape index (κ3) is 2.89. The van der Waals surface area contributed by atoms with E-state index >= 15 is 0 Å². The zero-order valence-electron chi connectivity index (χ0n) is 13.4. The number of aromatic nitrogens is 4. The summed E-state index contributed by atoms with van der Waals surface area (Å²) < 4.78 is 1.79. The quantitative estimate of drug-likeness (QED) is 0.930. The van der Waals surface area contributed by atoms with Gasteiger partial charge < -0.3 is 5.11 Å². The Hall–Kier alpha value is -1.79. The van der Waals surface area contributed by atoms with E-state index in [9.17, 15) is 5.11 Å². The van der Waals surface area contributed by atoms with Crippen LogP contribution >= 0.6 is 0 Å². The van der Waals surface area contributed by atoms with E-state index < -0.39 is 5.60 Å². The van der Waals surface area contributed by atoms with Gasteiger partial charge in [0.05, 0.1) is 6.20 Å². The molecule has 1 aliphatic heterocycles. The number of aryl methyl sites for hydroxylation is 1. The highest BCUT2D eigenvalue weighted by molar-refractivity contribution is 5.22. The highest BCUT2D eigenvalue weighted by Crippen LogP contribution is 2.31. The molecule has 0 amide bonds. The summed E-state index contributed by atoms with van der Waals surface area (Å²) in [5, 5.41) is 19.2. The van der Waals surface area contributed by atoms with Crippen LogP contribution in [0.1, 0.15) is 43.1 Å². The smallest absolute Gasteiger partial charge is 0.124 e. The molecule has 1 atom stereocenters. The number of pyridine rings is 1. The molecule has 2 aromatic rings. The van der Waals surface area contributed by atoms with E-state index in [1.54, 1.807) is 4.68 Å². The standard InChI is InChI=1S/C16H23N5O/c1-12(2)21-10-15(18-19-21)16(22)5-7-20(11-16)9-14-8-17-6-4-13(14)3/h4,6,8,10,12,22H,5,7,9,11H2,1-3H3/t16-/m1/s1. The lowest BCUT2D eigenvalue weighted by Crippen LogP contribution is -2.31. The van der Waals surface area contributed by atoms with Crippen LogP contribution in [0.15, 0.2) is 24.7 Å². The van der Waals surface area contributed by atoms with Crippen LogP contribution in [-0.4, -0.2) is 43.1 Å². The average Bonchev–Trinajstić information content (AvgIpc) is 3.10. The van der Waals surface area contributed by atoms with Crippen LogP contribution in [0.5, 0.6) is 0 Å². The van der Waals surface area contributed by atoms with Gasteiger partial charge in [0, 0.05) is 38.1 Å². The molecule has 0 bridgehead atoms. The molecule has 0 saturated carbocycles. The van der Waals surface area contributed by atoms with Crippen LogP contribution in [0, 0.1) is 6.92 Å². The zero-order valence-corrected chi connectivity index (χ0v) is 13.4. The Morgan fingerprint density at radius 2 is 2.23 bits per heavy atom. The molecular formula is C16H23N5O. The van der Waals surface area contributed by atoms with Gasteiger partial charge in [-0.3, -0.25) is 9.88 Å². The van der Waals surface area contributed by atoms with Gasteiger partial charge in [-0.15, -0.1) is 5.10 Å². The molecule has 2 aromatic heterocycles. The molecule has 3 heterocycles. The maximum atomic E-state index is 10.9. The molecule has 1 saturated heterocycles. The zero-order chi connectivity index (χ0) is 15.7. The summed E-state index contributed by atoms with van der Waals surface area (Å²) in [4.78, 5) is 6.44. The number of likely N-dealkylation sites (tertiary alicyclic amines) is 1. The normalized spacial score (nSPS) is 22.6. The molecule has 1 N–H and O–H groups in total. The molecule has 0 radical (unpaired) electrons. The number of β-amino-alcohol motifs (C(OH)–C–C–N with tert-alkyl or cyclic N) is 1. The fraction of sp³-hybridized carbons (Fsp3) is 0.562. The van der Waals surface area contributed by atoms with Gasteiger partial charge in [0.15, 0.2) is 0 Å². The summed E-state index contributed by atoms with van der Waals surface area (Å²) in [5.74, 6) is 0. The summed E-state index contributed by atoms with van der Waals surface area (Å²) >= 11 is 0. The largest absolute Gasteiger partial charge is 0.382 e. The van der Waals surface area contributed by atoms with Gasteiger partial charge in [0.1, 0.15) is 11.3 Å². The van der Waals surface area contributed by atoms with Gasteiger partial charge in [-0.05, 0) is 44.4 Å². The van der Waals surface area contributed by atoms with E-state index in [2.05, 4.69) is 41.0 Å². The van der Waals surface area contributed by atoms with Crippen LogP contribution in [-0.2, 0) is 12.1 Å². The Labute approximate surface area is 130 Å². The van der Waals surface area contributed by atoms with Crippen molar-refractivity contribution in [3.63, 3.8) is 0 Å². The minimum absolute atomic E-state index is 0.250. The maximum absolute atomic E-state index is 10.9. The lowest BCUT2D eigenvalue weighted by atomic mass is 10.00. The fourth-order valence-corrected chi connectivity index (χ4v) is 2.86. The van der Waals surface area contributed by atoms with Gasteiger partial charge in [0.2, 0.25) is 0 Å². The van der Waals surface area contributed by atoms with Crippen molar-refractivity contribution in [2.24, 2.45) is 0 Å². The molecule has 0 aromatic carbocycles. The predicted molar refractivity (Wildman–Crippen MR) is 83.2 cm³/mol. The second-order valence-electron chi connectivity index (χ2n) is 6.47. The minimum atomic E-state index is -0.900. The van der Waals surface area contributed by atoms with Crippen LogP contribution < -0.4 is 0 Å². The first kappa shape index (κ1) is 15.1. The Morgan fingerprint density at radius 3 is 2.91 bits per heavy atom. The molecule has 118 valence electrons. The van der Waals surface area contributed by atoms with Gasteiger partial charge in [-0.1, -0.05) is 5.21 Å². The van der Waals surface area contributed by atoms with Crippen molar-refractivity contribution in [1.82, 2.24) is 24.9 Å². The Bertz CT molecular complexity index is 653. The Kier molecular flexibility index (Phi) is 3.97. The third-order valence-corrected chi connectivity index (χ3v) is 4.38. The number of aliphatic hydroxyl groups is 1. The number of rotatable bonds is 4. The van der Waals surface area contributed by atoms with Crippen molar-refractivity contribution >= 4 is 0 Å². The number of nitrogens with zero attached hydrogens (tertiary/aromatic N) is 5. The second kappa shape index (κ2) is 5.78. The lowest BCUT2D eigenvalue weighted by molar-refractivity contribution is 0.0408. The van der Waals surface area contributed by atoms with Crippen LogP contribution in [0.25, 0.3) is 0 Å². The first-order chi connectivity index (χ1) is 10.5. The first-order valence-electron chi connectivity index (χ1n) is 7.74. The molecule has 0 spiro atoms. The highest BCUT2D eigenvalue weighted by atomic mass is 16.3. The SMILES string of the molecule is Cc1ccncc1CN1CC[C@](O)(c2cn(C(C)C)nn2)C1. The molecule has 22 heavy (non-hydrogen) atoms. The fourth-order valence-electron chi connectivity index (χ4n) is 2.86. The second-order valence-corrected chi connectivity index (χ2v) is 6.47. The Morgan fingerprint density at radius 1 is 1.41 bits per heavy atom. The molecular weight excluding hydrogens is 278 g/mol. The summed E-state index contributed by atoms with van der Waals surface area (Å²) in [7, 11) is 0. The van der Waals surface area contributed by atoms with E-state index in [0.29, 0.717) is 18.7 Å². The first-order valence-corrected chi connectivity index (χ1v) is 7.74. The van der Waals surface area contributed by atoms with Gasteiger partial charge >= 0.3 is 0 Å². The third-order valence-electron chi connectivity index (χ3n) is 4.38. The van der Waals surface area contributed by atoms with E-state index in [-0.39, 0.29) is 6.04 Å². The highest BCUT2D eigenvalue weighted by Gasteiger charge is 2.40. The van der Waals surface area contributed by atoms with Crippen molar-refractivity contribution in [3.05, 3.63) is 41.5 Å². The lowest BCUT2D eigenvalue weighted by Gasteiger charge is -2.21. The molecule has 6 nitrogen and oxygen atoms in total. The average molecular weight is 301 g/mol. The van der Waals surface area contributed by atoms with Crippen molar-refractivity contribution in [2.75, 3.05) is 13.1 Å². The molecule has 0 unspecified atom stereocenters. The van der Waals surface area contributed by atoms with Crippen molar-refractivity contribution in [3.8, 4) is 0 Å². The van der Waals surface area contributed by atoms with E-state index in [0.717, 1.165) is 13.1 Å². The van der Waals surface area contributed by atoms with Crippen LogP contribution in [0.4, 0.5) is 0 Å². The predicted octanol–water partition coefficient (Wildman–Crippen LogP) is 1.66. The van der Waals surface area contributed by atoms with Gasteiger partial charge in [0.25, 0.3) is 0 Å². The molecule has 1 aliphatic rings. The maximum Gasteiger partial charge on any atom is 0.124 e. The molecule has 6 heteroatoms. The summed E-state index contributed by atoms with van der Waals surface area (Å²) in [5.41, 5.74) is 2.21. The van der Waals surface area contributed by atoms with Crippen molar-refractivity contribution < 1.29 is 5.11 Å². The minimum Gasteiger partial charge on any atom is -0.382 e. The van der Waals surface area contributed by atoms with Gasteiger partial charge in [-0.25, -0.2) is 4.68 Å². The van der Waals surface area contributed by atoms with Crippen molar-refractivity contribution in [2.45, 2.75) is 45.4 Å². The molecule has 0 aliphatic carbocycles. The number of hydrogen-bond donors (Lipinski definition) is 1. The van der Waals surface area contributed by atoms with Gasteiger partial charge in [-0.2, -0.15) is 0 Å². The topological polar surface area (TPSA) is 67.1 Å². The van der Waals surface area contributed by atoms with Crippen molar-refractivity contribution in [1.29, 1.82) is 0 Å². The molecule has 3 rings (SSSR count). The van der Waals surface area contributed by atoms with Crippen LogP contribution in [0.2, 0.25) is 0 Å². The van der Waals surface area contributed by atoms with E-state index in [1.807, 2.05) is 24.7 Å². The van der Waals surface area contributed by atoms with E-state index in [1.165, 1.54) is 11.1 Å². The Balaban J connectivity index is 1.71. The monoisotopic (exact) mass is 301 g/mol. The molecule has 1 fully saturated rings. The van der Waals surface area contributed by atoms with Crippen LogP contribution in [0.3, 0.4) is 0 Å². The summed E-state index contributed by atoms with van der Waals surface area (Å²) in [6.07, 6.45) is 6.26. The van der Waals surface area contributed by atoms with E-state index in [4.69, 9.17) is 0 Å². The summed E-state index contributed by atoms with van der Waals surface area (Å²) in [6.45, 7) is 8.43. The summed E-state index contributed by atoms with van der Waals surface area (Å²) in [6, 6.07) is 2.27.